The molecule has 0 radical (unpaired) electrons. The first-order valence-corrected chi connectivity index (χ1v) is 11.6. The van der Waals surface area contributed by atoms with Crippen molar-refractivity contribution in [3.63, 3.8) is 0 Å². The van der Waals surface area contributed by atoms with Crippen molar-refractivity contribution in [2.45, 2.75) is 9.79 Å². The third-order valence-electron chi connectivity index (χ3n) is 3.98. The van der Waals surface area contributed by atoms with Crippen molar-refractivity contribution in [1.29, 1.82) is 0 Å². The summed E-state index contributed by atoms with van der Waals surface area (Å²) in [6.07, 6.45) is 0. The van der Waals surface area contributed by atoms with Crippen molar-refractivity contribution in [2.75, 3.05) is 31.0 Å². The van der Waals surface area contributed by atoms with Crippen molar-refractivity contribution in [3.8, 4) is 0 Å². The summed E-state index contributed by atoms with van der Waals surface area (Å²) in [6, 6.07) is 6.99. The lowest BCUT2D eigenvalue weighted by molar-refractivity contribution is 0.0729. The highest BCUT2D eigenvalue weighted by molar-refractivity contribution is 7.93. The minimum atomic E-state index is -4.18. The summed E-state index contributed by atoms with van der Waals surface area (Å²) in [5.74, 6) is -0.991. The summed E-state index contributed by atoms with van der Waals surface area (Å²) in [5, 5.41) is -0.140. The Hall–Kier alpha value is -1.43. The summed E-state index contributed by atoms with van der Waals surface area (Å²) in [4.78, 5) is -0.921. The first-order valence-electron chi connectivity index (χ1n) is 7.97. The average molecular weight is 469 g/mol. The van der Waals surface area contributed by atoms with E-state index >= 15 is 0 Å². The van der Waals surface area contributed by atoms with Gasteiger partial charge in [0, 0.05) is 13.1 Å². The molecule has 0 amide bonds. The molecular weight excluding hydrogens is 454 g/mol. The number of benzene rings is 2. The number of nitrogens with zero attached hydrogens (tertiary/aromatic N) is 1. The number of sulfonamides is 2. The molecule has 12 heteroatoms. The van der Waals surface area contributed by atoms with E-state index in [-0.39, 0.29) is 46.9 Å². The molecule has 0 aromatic heterocycles. The first-order chi connectivity index (χ1) is 13.1. The fraction of sp³-hybridized carbons (Fsp3) is 0.250. The van der Waals surface area contributed by atoms with Crippen LogP contribution in [0.3, 0.4) is 0 Å². The Bertz CT molecular complexity index is 1100. The molecule has 1 fully saturated rings. The van der Waals surface area contributed by atoms with Crippen LogP contribution in [-0.2, 0) is 24.8 Å². The largest absolute Gasteiger partial charge is 0.379 e. The van der Waals surface area contributed by atoms with Crippen molar-refractivity contribution < 1.29 is 26.0 Å². The van der Waals surface area contributed by atoms with Crippen LogP contribution >= 0.6 is 23.2 Å². The number of morpholine rings is 1. The third-order valence-corrected chi connectivity index (χ3v) is 8.25. The van der Waals surface area contributed by atoms with Crippen molar-refractivity contribution in [2.24, 2.45) is 0 Å². The van der Waals surface area contributed by atoms with Gasteiger partial charge in [0.2, 0.25) is 10.0 Å². The molecule has 28 heavy (non-hydrogen) atoms. The van der Waals surface area contributed by atoms with Crippen LogP contribution in [0, 0.1) is 5.82 Å². The Morgan fingerprint density at radius 3 is 2.36 bits per heavy atom. The van der Waals surface area contributed by atoms with Gasteiger partial charge in [0.25, 0.3) is 10.0 Å². The Kier molecular flexibility index (Phi) is 6.18. The normalized spacial score (nSPS) is 16.1. The molecule has 1 saturated heterocycles. The summed E-state index contributed by atoms with van der Waals surface area (Å²) in [7, 11) is -8.34. The van der Waals surface area contributed by atoms with Gasteiger partial charge in [0.1, 0.15) is 15.6 Å². The van der Waals surface area contributed by atoms with Gasteiger partial charge in [-0.1, -0.05) is 29.3 Å². The van der Waals surface area contributed by atoms with Crippen LogP contribution in [0.2, 0.25) is 10.0 Å². The number of rotatable bonds is 5. The lowest BCUT2D eigenvalue weighted by Crippen LogP contribution is -2.40. The zero-order valence-electron chi connectivity index (χ0n) is 14.2. The molecule has 0 spiro atoms. The van der Waals surface area contributed by atoms with E-state index in [0.717, 1.165) is 22.5 Å². The number of ether oxygens (including phenoxy) is 1. The van der Waals surface area contributed by atoms with E-state index in [1.165, 1.54) is 18.2 Å². The molecule has 0 atom stereocenters. The molecule has 7 nitrogen and oxygen atoms in total. The number of hydrogen-bond donors (Lipinski definition) is 1. The monoisotopic (exact) mass is 468 g/mol. The van der Waals surface area contributed by atoms with Crippen molar-refractivity contribution in [1.82, 2.24) is 4.31 Å². The lowest BCUT2D eigenvalue weighted by Gasteiger charge is -2.26. The van der Waals surface area contributed by atoms with E-state index in [4.69, 9.17) is 27.9 Å². The molecule has 1 aliphatic heterocycles. The van der Waals surface area contributed by atoms with E-state index in [2.05, 4.69) is 4.72 Å². The first kappa shape index (κ1) is 21.3. The van der Waals surface area contributed by atoms with Crippen LogP contribution in [0.4, 0.5) is 10.1 Å². The Labute approximate surface area is 172 Å². The van der Waals surface area contributed by atoms with Crippen molar-refractivity contribution in [3.05, 3.63) is 52.3 Å². The van der Waals surface area contributed by atoms with E-state index in [9.17, 15) is 21.2 Å². The number of hydrogen-bond acceptors (Lipinski definition) is 5. The number of halogens is 3. The quantitative estimate of drug-likeness (QED) is 0.727. The predicted molar refractivity (Wildman–Crippen MR) is 103 cm³/mol. The minimum Gasteiger partial charge on any atom is -0.379 e. The van der Waals surface area contributed by atoms with Gasteiger partial charge in [-0.2, -0.15) is 4.31 Å². The molecule has 0 bridgehead atoms. The zero-order valence-corrected chi connectivity index (χ0v) is 17.4. The molecule has 1 aliphatic rings. The van der Waals surface area contributed by atoms with Gasteiger partial charge < -0.3 is 4.74 Å². The average Bonchev–Trinajstić information content (AvgIpc) is 2.65. The highest BCUT2D eigenvalue weighted by Crippen LogP contribution is 2.31. The van der Waals surface area contributed by atoms with Gasteiger partial charge in [-0.3, -0.25) is 4.72 Å². The number of nitrogens with one attached hydrogen (secondary N) is 1. The molecule has 3 rings (SSSR count). The second-order valence-corrected chi connectivity index (χ2v) is 10.2. The van der Waals surface area contributed by atoms with Gasteiger partial charge in [0.05, 0.1) is 28.9 Å². The van der Waals surface area contributed by atoms with Crippen LogP contribution in [0.15, 0.2) is 46.2 Å². The maximum atomic E-state index is 14.2. The molecule has 0 saturated carbocycles. The summed E-state index contributed by atoms with van der Waals surface area (Å²) < 4.78 is 73.2. The van der Waals surface area contributed by atoms with Gasteiger partial charge >= 0.3 is 0 Å². The summed E-state index contributed by atoms with van der Waals surface area (Å²) >= 11 is 11.8. The maximum Gasteiger partial charge on any atom is 0.263 e. The topological polar surface area (TPSA) is 92.8 Å². The molecule has 2 aromatic rings. The van der Waals surface area contributed by atoms with Gasteiger partial charge in [-0.15, -0.1) is 0 Å². The van der Waals surface area contributed by atoms with Gasteiger partial charge in [0.15, 0.2) is 0 Å². The second kappa shape index (κ2) is 8.13. The SMILES string of the molecule is O=S(=O)(Nc1ccc(F)c(S(=O)(=O)N2CCOCC2)c1)c1cccc(Cl)c1Cl. The van der Waals surface area contributed by atoms with E-state index in [1.807, 2.05) is 0 Å². The van der Waals surface area contributed by atoms with E-state index in [1.54, 1.807) is 0 Å². The third kappa shape index (κ3) is 4.27. The smallest absolute Gasteiger partial charge is 0.263 e. The highest BCUT2D eigenvalue weighted by Gasteiger charge is 2.30. The summed E-state index contributed by atoms with van der Waals surface area (Å²) in [5.41, 5.74) is -0.135. The lowest BCUT2D eigenvalue weighted by atomic mass is 10.3. The predicted octanol–water partition coefficient (Wildman–Crippen LogP) is 2.95. The van der Waals surface area contributed by atoms with Crippen molar-refractivity contribution >= 4 is 48.9 Å². The van der Waals surface area contributed by atoms with Crippen LogP contribution in [0.25, 0.3) is 0 Å². The summed E-state index contributed by atoms with van der Waals surface area (Å²) in [6.45, 7) is 0.548. The molecule has 0 unspecified atom stereocenters. The minimum absolute atomic E-state index is 0.0410. The Balaban J connectivity index is 1.96. The highest BCUT2D eigenvalue weighted by atomic mass is 35.5. The Morgan fingerprint density at radius 2 is 1.68 bits per heavy atom. The molecule has 152 valence electrons. The van der Waals surface area contributed by atoms with Crippen LogP contribution in [0.1, 0.15) is 0 Å². The van der Waals surface area contributed by atoms with Gasteiger partial charge in [-0.05, 0) is 30.3 Å². The Morgan fingerprint density at radius 1 is 1.00 bits per heavy atom. The van der Waals surface area contributed by atoms with Crippen LogP contribution in [-0.4, -0.2) is 47.4 Å². The molecule has 1 N–H and O–H groups in total. The second-order valence-electron chi connectivity index (χ2n) is 5.82. The molecule has 1 heterocycles. The van der Waals surface area contributed by atoms with Crippen LogP contribution < -0.4 is 4.72 Å². The zero-order chi connectivity index (χ0) is 20.5. The fourth-order valence-corrected chi connectivity index (χ4v) is 5.90. The number of anilines is 1. The van der Waals surface area contributed by atoms with E-state index < -0.39 is 30.8 Å². The fourth-order valence-electron chi connectivity index (χ4n) is 2.59. The van der Waals surface area contributed by atoms with E-state index in [0.29, 0.717) is 0 Å². The molecular formula is C16H15Cl2FN2O5S2. The molecule has 0 aliphatic carbocycles. The maximum absolute atomic E-state index is 14.2. The van der Waals surface area contributed by atoms with Crippen LogP contribution in [0.5, 0.6) is 0 Å². The van der Waals surface area contributed by atoms with Gasteiger partial charge in [-0.25, -0.2) is 21.2 Å². The molecule has 2 aromatic carbocycles. The standard InChI is InChI=1S/C16H15Cl2FN2O5S2/c17-12-2-1-3-14(16(12)18)27(22,23)20-11-4-5-13(19)15(10-11)28(24,25)21-6-8-26-9-7-21/h1-5,10,20H,6-9H2.